The molecule has 158 valence electrons. The molecule has 0 atom stereocenters. The molecule has 1 fully saturated rings. The second-order valence-electron chi connectivity index (χ2n) is 8.15. The molecule has 4 aromatic rings. The summed E-state index contributed by atoms with van der Waals surface area (Å²) in [6, 6.07) is 17.2. The lowest BCUT2D eigenvalue weighted by Crippen LogP contribution is -2.25. The van der Waals surface area contributed by atoms with Gasteiger partial charge in [0.15, 0.2) is 5.65 Å². The number of hydrogen-bond donors (Lipinski definition) is 1. The fraction of sp³-hybridized carbons (Fsp3) is 0.333. The summed E-state index contributed by atoms with van der Waals surface area (Å²) in [7, 11) is 0. The van der Waals surface area contributed by atoms with Crippen molar-refractivity contribution >= 4 is 39.7 Å². The van der Waals surface area contributed by atoms with Gasteiger partial charge in [-0.15, -0.1) is 10.2 Å². The highest BCUT2D eigenvalue weighted by Gasteiger charge is 2.22. The number of thioether (sulfide) groups is 1. The van der Waals surface area contributed by atoms with Crippen LogP contribution in [-0.4, -0.2) is 37.5 Å². The topological polar surface area (TPSA) is 72.7 Å². The summed E-state index contributed by atoms with van der Waals surface area (Å²) >= 11 is 1.56. The van der Waals surface area contributed by atoms with E-state index in [2.05, 4.69) is 63.4 Å². The van der Waals surface area contributed by atoms with E-state index in [1.165, 1.54) is 11.1 Å². The molecule has 0 unspecified atom stereocenters. The predicted octanol–water partition coefficient (Wildman–Crippen LogP) is 4.49. The summed E-state index contributed by atoms with van der Waals surface area (Å²) in [5.74, 6) is 0.944. The Bertz CT molecular complexity index is 1250. The number of carbonyl (C=O) groups excluding carboxylic acids is 1. The average Bonchev–Trinajstić information content (AvgIpc) is 3.54. The Morgan fingerprint density at radius 1 is 1.16 bits per heavy atom. The summed E-state index contributed by atoms with van der Waals surface area (Å²) in [6.45, 7) is 2.84. The molecule has 6 nitrogen and oxygen atoms in total. The van der Waals surface area contributed by atoms with E-state index in [4.69, 9.17) is 4.98 Å². The van der Waals surface area contributed by atoms with E-state index in [1.807, 2.05) is 12.1 Å². The third-order valence-corrected chi connectivity index (χ3v) is 6.42. The molecule has 0 aliphatic heterocycles. The number of aryl methyl sites for hydroxylation is 1. The van der Waals surface area contributed by atoms with Gasteiger partial charge in [-0.2, -0.15) is 0 Å². The lowest BCUT2D eigenvalue weighted by atomic mass is 10.1. The van der Waals surface area contributed by atoms with Crippen LogP contribution >= 0.6 is 11.8 Å². The number of carbonyl (C=O) groups is 1. The van der Waals surface area contributed by atoms with E-state index in [-0.39, 0.29) is 5.91 Å². The second-order valence-corrected chi connectivity index (χ2v) is 9.21. The zero-order valence-electron chi connectivity index (χ0n) is 17.5. The molecule has 0 bridgehead atoms. The summed E-state index contributed by atoms with van der Waals surface area (Å²) < 4.78 is 2.22. The summed E-state index contributed by atoms with van der Waals surface area (Å²) in [5, 5.41) is 13.6. The SMILES string of the molecule is Cc1cccc(Cn2c3ccccc3c3nnc(SCCCC(=O)NC4CC4)nc32)c1. The Labute approximate surface area is 185 Å². The molecule has 1 amide bonds. The molecule has 2 aromatic carbocycles. The number of amides is 1. The van der Waals surface area contributed by atoms with Gasteiger partial charge in [0, 0.05) is 30.1 Å². The van der Waals surface area contributed by atoms with Crippen LogP contribution < -0.4 is 5.32 Å². The maximum atomic E-state index is 11.9. The molecule has 1 aliphatic carbocycles. The van der Waals surface area contributed by atoms with Crippen molar-refractivity contribution in [3.63, 3.8) is 0 Å². The van der Waals surface area contributed by atoms with E-state index in [0.717, 1.165) is 53.6 Å². The summed E-state index contributed by atoms with van der Waals surface area (Å²) in [6.07, 6.45) is 3.59. The van der Waals surface area contributed by atoms with Gasteiger partial charge in [-0.05, 0) is 37.8 Å². The Hall–Kier alpha value is -2.93. The van der Waals surface area contributed by atoms with Crippen LogP contribution in [-0.2, 0) is 11.3 Å². The summed E-state index contributed by atoms with van der Waals surface area (Å²) in [4.78, 5) is 16.7. The molecule has 0 radical (unpaired) electrons. The lowest BCUT2D eigenvalue weighted by molar-refractivity contribution is -0.121. The normalized spacial score (nSPS) is 13.7. The molecule has 2 aromatic heterocycles. The predicted molar refractivity (Wildman–Crippen MR) is 124 cm³/mol. The first-order chi connectivity index (χ1) is 15.2. The van der Waals surface area contributed by atoms with Crippen LogP contribution in [0, 0.1) is 6.92 Å². The number of aromatic nitrogens is 4. The Morgan fingerprint density at radius 2 is 2.03 bits per heavy atom. The fourth-order valence-electron chi connectivity index (χ4n) is 3.83. The van der Waals surface area contributed by atoms with E-state index in [9.17, 15) is 4.79 Å². The van der Waals surface area contributed by atoms with Crippen molar-refractivity contribution in [3.05, 3.63) is 59.7 Å². The largest absolute Gasteiger partial charge is 0.353 e. The maximum Gasteiger partial charge on any atom is 0.220 e. The second kappa shape index (κ2) is 8.67. The molecule has 0 saturated heterocycles. The number of nitrogens with one attached hydrogen (secondary N) is 1. The number of fused-ring (bicyclic) bond motifs is 3. The summed E-state index contributed by atoms with van der Waals surface area (Å²) in [5.41, 5.74) is 5.27. The third kappa shape index (κ3) is 4.56. The fourth-order valence-corrected chi connectivity index (χ4v) is 4.55. The molecule has 31 heavy (non-hydrogen) atoms. The lowest BCUT2D eigenvalue weighted by Gasteiger charge is -2.08. The molecule has 2 heterocycles. The maximum absolute atomic E-state index is 11.9. The van der Waals surface area contributed by atoms with Crippen LogP contribution in [0.2, 0.25) is 0 Å². The van der Waals surface area contributed by atoms with Gasteiger partial charge in [0.25, 0.3) is 0 Å². The average molecular weight is 432 g/mol. The van der Waals surface area contributed by atoms with Gasteiger partial charge in [-0.25, -0.2) is 4.98 Å². The van der Waals surface area contributed by atoms with E-state index < -0.39 is 0 Å². The molecule has 1 N–H and O–H groups in total. The van der Waals surface area contributed by atoms with Crippen molar-refractivity contribution in [2.24, 2.45) is 0 Å². The van der Waals surface area contributed by atoms with E-state index >= 15 is 0 Å². The van der Waals surface area contributed by atoms with Gasteiger partial charge >= 0.3 is 0 Å². The monoisotopic (exact) mass is 431 g/mol. The number of hydrogen-bond acceptors (Lipinski definition) is 5. The van der Waals surface area contributed by atoms with E-state index in [0.29, 0.717) is 17.6 Å². The molecular weight excluding hydrogens is 406 g/mol. The zero-order valence-corrected chi connectivity index (χ0v) is 18.4. The Balaban J connectivity index is 1.37. The minimum atomic E-state index is 0.149. The quantitative estimate of drug-likeness (QED) is 0.329. The van der Waals surface area contributed by atoms with Crippen molar-refractivity contribution in [3.8, 4) is 0 Å². The highest BCUT2D eigenvalue weighted by molar-refractivity contribution is 7.99. The van der Waals surface area contributed by atoms with Crippen LogP contribution in [0.25, 0.3) is 22.1 Å². The first-order valence-electron chi connectivity index (χ1n) is 10.8. The standard InChI is InChI=1S/C24H25N5OS/c1-16-6-4-7-17(14-16)15-29-20-9-3-2-8-19(20)22-23(29)26-24(28-27-22)31-13-5-10-21(30)25-18-11-12-18/h2-4,6-9,14,18H,5,10-13,15H2,1H3,(H,25,30). The molecule has 7 heteroatoms. The third-order valence-electron chi connectivity index (χ3n) is 5.50. The highest BCUT2D eigenvalue weighted by Crippen LogP contribution is 2.28. The molecular formula is C24H25N5OS. The van der Waals surface area contributed by atoms with Crippen molar-refractivity contribution in [2.45, 2.75) is 50.4 Å². The zero-order chi connectivity index (χ0) is 21.2. The first kappa shape index (κ1) is 20.0. The van der Waals surface area contributed by atoms with Crippen molar-refractivity contribution in [2.75, 3.05) is 5.75 Å². The van der Waals surface area contributed by atoms with Crippen LogP contribution in [0.3, 0.4) is 0 Å². The van der Waals surface area contributed by atoms with Crippen LogP contribution in [0.15, 0.2) is 53.7 Å². The molecule has 1 saturated carbocycles. The number of nitrogens with zero attached hydrogens (tertiary/aromatic N) is 4. The van der Waals surface area contributed by atoms with Gasteiger partial charge in [-0.3, -0.25) is 4.79 Å². The van der Waals surface area contributed by atoms with Gasteiger partial charge in [0.2, 0.25) is 11.1 Å². The highest BCUT2D eigenvalue weighted by atomic mass is 32.2. The van der Waals surface area contributed by atoms with E-state index in [1.54, 1.807) is 11.8 Å². The van der Waals surface area contributed by atoms with Crippen molar-refractivity contribution in [1.29, 1.82) is 0 Å². The number of para-hydroxylation sites is 1. The van der Waals surface area contributed by atoms with Crippen molar-refractivity contribution < 1.29 is 4.79 Å². The molecule has 0 spiro atoms. The van der Waals surface area contributed by atoms with Gasteiger partial charge in [0.05, 0.1) is 5.52 Å². The van der Waals surface area contributed by atoms with Crippen LogP contribution in [0.1, 0.15) is 36.8 Å². The Kier molecular flexibility index (Phi) is 5.59. The van der Waals surface area contributed by atoms with Gasteiger partial charge in [0.1, 0.15) is 5.52 Å². The molecule has 1 aliphatic rings. The van der Waals surface area contributed by atoms with Gasteiger partial charge in [-0.1, -0.05) is 59.8 Å². The minimum absolute atomic E-state index is 0.149. The first-order valence-corrected chi connectivity index (χ1v) is 11.8. The molecule has 5 rings (SSSR count). The van der Waals surface area contributed by atoms with Crippen molar-refractivity contribution in [1.82, 2.24) is 25.1 Å². The smallest absolute Gasteiger partial charge is 0.220 e. The van der Waals surface area contributed by atoms with Crippen LogP contribution in [0.4, 0.5) is 0 Å². The number of benzene rings is 2. The Morgan fingerprint density at radius 3 is 2.87 bits per heavy atom. The number of rotatable bonds is 8. The van der Waals surface area contributed by atoms with Crippen LogP contribution in [0.5, 0.6) is 0 Å². The minimum Gasteiger partial charge on any atom is -0.353 e. The van der Waals surface area contributed by atoms with Gasteiger partial charge < -0.3 is 9.88 Å².